The maximum Gasteiger partial charge on any atom is 0.307 e. The molecule has 1 heterocycles. The lowest BCUT2D eigenvalue weighted by molar-refractivity contribution is -0.143. The van der Waals surface area contributed by atoms with Gasteiger partial charge in [0.15, 0.2) is 0 Å². The second kappa shape index (κ2) is 9.75. The highest BCUT2D eigenvalue weighted by molar-refractivity contribution is 7.84. The summed E-state index contributed by atoms with van der Waals surface area (Å²) in [5, 5.41) is 8.15. The molecule has 0 spiro atoms. The average molecular weight is 406 g/mol. The molecule has 0 unspecified atom stereocenters. The smallest absolute Gasteiger partial charge is 0.307 e. The quantitative estimate of drug-likeness (QED) is 0.678. The number of nitrogens with zero attached hydrogens (tertiary/aromatic N) is 2. The number of methoxy groups -OCH3 is 1. The summed E-state index contributed by atoms with van der Waals surface area (Å²) in [4.78, 5) is 12.1. The van der Waals surface area contributed by atoms with E-state index in [4.69, 9.17) is 9.47 Å². The number of hydrogen-bond acceptors (Lipinski definition) is 6. The summed E-state index contributed by atoms with van der Waals surface area (Å²) in [6.07, 6.45) is 0.0768. The molecule has 7 nitrogen and oxygen atoms in total. The molecule has 0 radical (unpaired) electrons. The van der Waals surface area contributed by atoms with Gasteiger partial charge in [-0.2, -0.15) is 0 Å². The summed E-state index contributed by atoms with van der Waals surface area (Å²) in [5.74, 6) is 0.0860. The van der Waals surface area contributed by atoms with E-state index in [9.17, 15) is 9.00 Å². The van der Waals surface area contributed by atoms with Crippen molar-refractivity contribution in [3.05, 3.63) is 42.0 Å². The molecule has 2 aromatic rings. The standard InChI is InChI=1S/C20H27N3O4S/c1-6-27-19(24)13-17(23-28(25)20(2,3)4)15-9-7-8-14(12-15)16-10-11-18(26-5)22-21-16/h7-12,17,23H,6,13H2,1-5H3/t17-,28+/m0/s1. The maximum atomic E-state index is 12.6. The molecular formula is C20H27N3O4S. The Morgan fingerprint density at radius 3 is 2.54 bits per heavy atom. The van der Waals surface area contributed by atoms with Gasteiger partial charge in [0, 0.05) is 11.6 Å². The van der Waals surface area contributed by atoms with Crippen LogP contribution in [0.1, 0.15) is 45.7 Å². The monoisotopic (exact) mass is 405 g/mol. The number of hydrogen-bond donors (Lipinski definition) is 1. The topological polar surface area (TPSA) is 90.4 Å². The van der Waals surface area contributed by atoms with Gasteiger partial charge in [-0.15, -0.1) is 10.2 Å². The largest absolute Gasteiger partial charge is 0.480 e. The third kappa shape index (κ3) is 6.10. The molecule has 0 saturated carbocycles. The van der Waals surface area contributed by atoms with Crippen LogP contribution in [0.3, 0.4) is 0 Å². The van der Waals surface area contributed by atoms with E-state index in [1.165, 1.54) is 7.11 Å². The molecule has 2 rings (SSSR count). The number of ether oxygens (including phenoxy) is 2. The minimum Gasteiger partial charge on any atom is -0.480 e. The molecule has 152 valence electrons. The van der Waals surface area contributed by atoms with Gasteiger partial charge in [0.1, 0.15) is 0 Å². The molecule has 0 aliphatic rings. The zero-order chi connectivity index (χ0) is 20.7. The number of carbonyl (C=O) groups excluding carboxylic acids is 1. The molecular weight excluding hydrogens is 378 g/mol. The van der Waals surface area contributed by atoms with Gasteiger partial charge in [0.25, 0.3) is 0 Å². The van der Waals surface area contributed by atoms with Gasteiger partial charge < -0.3 is 9.47 Å². The lowest BCUT2D eigenvalue weighted by Gasteiger charge is -2.24. The van der Waals surface area contributed by atoms with Crippen LogP contribution in [0, 0.1) is 0 Å². The lowest BCUT2D eigenvalue weighted by atomic mass is 10.0. The zero-order valence-electron chi connectivity index (χ0n) is 16.9. The molecule has 2 atom stereocenters. The van der Waals surface area contributed by atoms with Gasteiger partial charge in [-0.1, -0.05) is 18.2 Å². The predicted octanol–water partition coefficient (Wildman–Crippen LogP) is 3.20. The lowest BCUT2D eigenvalue weighted by Crippen LogP contribution is -2.36. The first-order chi connectivity index (χ1) is 13.2. The van der Waals surface area contributed by atoms with E-state index in [2.05, 4.69) is 14.9 Å². The Kier molecular flexibility index (Phi) is 7.65. The van der Waals surface area contributed by atoms with E-state index in [0.29, 0.717) is 18.2 Å². The highest BCUT2D eigenvalue weighted by Crippen LogP contribution is 2.26. The third-order valence-corrected chi connectivity index (χ3v) is 5.53. The van der Waals surface area contributed by atoms with Gasteiger partial charge in [-0.25, -0.2) is 8.93 Å². The van der Waals surface area contributed by atoms with Gasteiger partial charge in [-0.3, -0.25) is 4.79 Å². The molecule has 0 bridgehead atoms. The summed E-state index contributed by atoms with van der Waals surface area (Å²) in [7, 11) is 0.187. The van der Waals surface area contributed by atoms with Crippen molar-refractivity contribution >= 4 is 17.0 Å². The Morgan fingerprint density at radius 2 is 1.96 bits per heavy atom. The van der Waals surface area contributed by atoms with Gasteiger partial charge in [-0.05, 0) is 45.4 Å². The van der Waals surface area contributed by atoms with Crippen molar-refractivity contribution in [1.29, 1.82) is 0 Å². The minimum atomic E-state index is -1.35. The molecule has 0 aliphatic carbocycles. The summed E-state index contributed by atoms with van der Waals surface area (Å²) in [5.41, 5.74) is 2.33. The second-order valence-electron chi connectivity index (χ2n) is 7.15. The van der Waals surface area contributed by atoms with Crippen LogP contribution in [0.2, 0.25) is 0 Å². The minimum absolute atomic E-state index is 0.0768. The Morgan fingerprint density at radius 1 is 1.21 bits per heavy atom. The molecule has 0 saturated heterocycles. The highest BCUT2D eigenvalue weighted by atomic mass is 32.2. The van der Waals surface area contributed by atoms with E-state index in [-0.39, 0.29) is 12.4 Å². The van der Waals surface area contributed by atoms with Crippen LogP contribution in [0.15, 0.2) is 36.4 Å². The SMILES string of the molecule is CCOC(=O)C[C@H](N[S@](=O)C(C)(C)C)c1cccc(-c2ccc(OC)nn2)c1. The fourth-order valence-electron chi connectivity index (χ4n) is 2.42. The number of benzene rings is 1. The van der Waals surface area contributed by atoms with Crippen molar-refractivity contribution in [2.45, 2.75) is 44.9 Å². The molecule has 8 heteroatoms. The molecule has 1 aromatic carbocycles. The molecule has 1 N–H and O–H groups in total. The fraction of sp³-hybridized carbons (Fsp3) is 0.450. The number of carbonyl (C=O) groups is 1. The molecule has 0 aliphatic heterocycles. The Hall–Kier alpha value is -2.32. The zero-order valence-corrected chi connectivity index (χ0v) is 17.7. The van der Waals surface area contributed by atoms with Crippen LogP contribution >= 0.6 is 0 Å². The molecule has 28 heavy (non-hydrogen) atoms. The van der Waals surface area contributed by atoms with E-state index in [1.807, 2.05) is 51.1 Å². The van der Waals surface area contributed by atoms with E-state index < -0.39 is 21.8 Å². The first-order valence-corrected chi connectivity index (χ1v) is 10.2. The normalized spacial score (nSPS) is 13.6. The van der Waals surface area contributed by atoms with Crippen LogP contribution < -0.4 is 9.46 Å². The second-order valence-corrected chi connectivity index (χ2v) is 9.14. The van der Waals surface area contributed by atoms with E-state index in [1.54, 1.807) is 13.0 Å². The first-order valence-electron chi connectivity index (χ1n) is 9.06. The van der Waals surface area contributed by atoms with Gasteiger partial charge >= 0.3 is 5.97 Å². The van der Waals surface area contributed by atoms with Crippen molar-refractivity contribution < 1.29 is 18.5 Å². The Balaban J connectivity index is 2.32. The van der Waals surface area contributed by atoms with Crippen molar-refractivity contribution in [1.82, 2.24) is 14.9 Å². The number of rotatable bonds is 8. The van der Waals surface area contributed by atoms with Crippen molar-refractivity contribution in [2.24, 2.45) is 0 Å². The highest BCUT2D eigenvalue weighted by Gasteiger charge is 2.26. The maximum absolute atomic E-state index is 12.6. The van der Waals surface area contributed by atoms with Crippen LogP contribution in [0.25, 0.3) is 11.3 Å². The fourth-order valence-corrected chi connectivity index (χ4v) is 3.25. The van der Waals surface area contributed by atoms with Crippen LogP contribution in [0.5, 0.6) is 5.88 Å². The number of aromatic nitrogens is 2. The predicted molar refractivity (Wildman–Crippen MR) is 109 cm³/mol. The van der Waals surface area contributed by atoms with Crippen LogP contribution in [-0.4, -0.2) is 38.8 Å². The van der Waals surface area contributed by atoms with Crippen LogP contribution in [0.4, 0.5) is 0 Å². The molecule has 0 amide bonds. The van der Waals surface area contributed by atoms with Crippen LogP contribution in [-0.2, 0) is 20.5 Å². The third-order valence-electron chi connectivity index (χ3n) is 3.92. The van der Waals surface area contributed by atoms with Crippen molar-refractivity contribution in [3.63, 3.8) is 0 Å². The van der Waals surface area contributed by atoms with E-state index in [0.717, 1.165) is 11.1 Å². The summed E-state index contributed by atoms with van der Waals surface area (Å²) in [6, 6.07) is 10.7. The molecule has 1 aromatic heterocycles. The Labute approximate surface area is 168 Å². The summed E-state index contributed by atoms with van der Waals surface area (Å²) >= 11 is 0. The van der Waals surface area contributed by atoms with Crippen molar-refractivity contribution in [3.8, 4) is 17.1 Å². The Bertz CT molecular complexity index is 819. The first kappa shape index (κ1) is 22.0. The molecule has 0 fully saturated rings. The average Bonchev–Trinajstić information content (AvgIpc) is 2.67. The van der Waals surface area contributed by atoms with E-state index >= 15 is 0 Å². The number of nitrogens with one attached hydrogen (secondary N) is 1. The van der Waals surface area contributed by atoms with Gasteiger partial charge in [0.2, 0.25) is 5.88 Å². The summed E-state index contributed by atoms with van der Waals surface area (Å²) in [6.45, 7) is 7.69. The van der Waals surface area contributed by atoms with Gasteiger partial charge in [0.05, 0.1) is 47.6 Å². The van der Waals surface area contributed by atoms with Crippen molar-refractivity contribution in [2.75, 3.05) is 13.7 Å². The number of esters is 1. The summed E-state index contributed by atoms with van der Waals surface area (Å²) < 4.78 is 25.4.